The highest BCUT2D eigenvalue weighted by molar-refractivity contribution is 5.92. The lowest BCUT2D eigenvalue weighted by Gasteiger charge is -2.19. The summed E-state index contributed by atoms with van der Waals surface area (Å²) in [6, 6.07) is 11.3. The van der Waals surface area contributed by atoms with Crippen molar-refractivity contribution in [3.63, 3.8) is 0 Å². The number of benzene rings is 2. The van der Waals surface area contributed by atoms with E-state index >= 15 is 0 Å². The first kappa shape index (κ1) is 18.9. The highest BCUT2D eigenvalue weighted by atomic mass is 16.5. The van der Waals surface area contributed by atoms with E-state index < -0.39 is 0 Å². The van der Waals surface area contributed by atoms with Crippen molar-refractivity contribution >= 4 is 17.3 Å². The summed E-state index contributed by atoms with van der Waals surface area (Å²) < 4.78 is 16.0. The molecule has 144 valence electrons. The molecule has 1 aliphatic rings. The highest BCUT2D eigenvalue weighted by Gasteiger charge is 2.14. The first-order valence-electron chi connectivity index (χ1n) is 9.10. The van der Waals surface area contributed by atoms with E-state index in [1.54, 1.807) is 32.4 Å². The summed E-state index contributed by atoms with van der Waals surface area (Å²) in [7, 11) is 3.14. The SMILES string of the molecule is COc1cc(OC)cc(OCC(=O)Nc2ccc(N3CCCC3)cc2C)c1. The van der Waals surface area contributed by atoms with Gasteiger partial charge in [-0.15, -0.1) is 0 Å². The van der Waals surface area contributed by atoms with Gasteiger partial charge in [0.05, 0.1) is 14.2 Å². The van der Waals surface area contributed by atoms with Crippen molar-refractivity contribution in [2.75, 3.05) is 44.1 Å². The molecule has 2 aromatic carbocycles. The van der Waals surface area contributed by atoms with Gasteiger partial charge in [-0.1, -0.05) is 0 Å². The van der Waals surface area contributed by atoms with Crippen LogP contribution in [0, 0.1) is 6.92 Å². The van der Waals surface area contributed by atoms with Crippen LogP contribution >= 0.6 is 0 Å². The summed E-state index contributed by atoms with van der Waals surface area (Å²) in [6.45, 7) is 4.11. The molecular formula is C21H26N2O4. The van der Waals surface area contributed by atoms with Crippen molar-refractivity contribution < 1.29 is 19.0 Å². The molecule has 0 radical (unpaired) electrons. The number of methoxy groups -OCH3 is 2. The second-order valence-electron chi connectivity index (χ2n) is 6.58. The quantitative estimate of drug-likeness (QED) is 0.806. The van der Waals surface area contributed by atoms with E-state index in [1.807, 2.05) is 13.0 Å². The second-order valence-corrected chi connectivity index (χ2v) is 6.58. The Morgan fingerprint density at radius 2 is 1.63 bits per heavy atom. The number of nitrogens with zero attached hydrogens (tertiary/aromatic N) is 1. The molecule has 6 nitrogen and oxygen atoms in total. The van der Waals surface area contributed by atoms with Crippen LogP contribution in [0.2, 0.25) is 0 Å². The van der Waals surface area contributed by atoms with Crippen LogP contribution in [0.1, 0.15) is 18.4 Å². The van der Waals surface area contributed by atoms with Gasteiger partial charge in [0, 0.05) is 42.7 Å². The third-order valence-electron chi connectivity index (χ3n) is 4.65. The molecule has 1 heterocycles. The van der Waals surface area contributed by atoms with Gasteiger partial charge in [-0.25, -0.2) is 0 Å². The van der Waals surface area contributed by atoms with Gasteiger partial charge >= 0.3 is 0 Å². The average molecular weight is 370 g/mol. The fraction of sp³-hybridized carbons (Fsp3) is 0.381. The van der Waals surface area contributed by atoms with Crippen LogP contribution in [0.4, 0.5) is 11.4 Å². The molecule has 0 atom stereocenters. The fourth-order valence-corrected chi connectivity index (χ4v) is 3.16. The smallest absolute Gasteiger partial charge is 0.262 e. The molecule has 3 rings (SSSR count). The van der Waals surface area contributed by atoms with Crippen LogP contribution < -0.4 is 24.4 Å². The number of ether oxygens (including phenoxy) is 3. The molecule has 6 heteroatoms. The topological polar surface area (TPSA) is 60.0 Å². The summed E-state index contributed by atoms with van der Waals surface area (Å²) in [4.78, 5) is 14.7. The van der Waals surface area contributed by atoms with E-state index in [4.69, 9.17) is 14.2 Å². The molecule has 27 heavy (non-hydrogen) atoms. The lowest BCUT2D eigenvalue weighted by Crippen LogP contribution is -2.21. The number of nitrogens with one attached hydrogen (secondary N) is 1. The number of amides is 1. The Morgan fingerprint density at radius 1 is 1.00 bits per heavy atom. The number of hydrogen-bond donors (Lipinski definition) is 1. The maximum atomic E-state index is 12.3. The van der Waals surface area contributed by atoms with E-state index in [1.165, 1.54) is 18.5 Å². The molecular weight excluding hydrogens is 344 g/mol. The molecule has 0 bridgehead atoms. The van der Waals surface area contributed by atoms with Gasteiger partial charge < -0.3 is 24.4 Å². The highest BCUT2D eigenvalue weighted by Crippen LogP contribution is 2.28. The normalized spacial score (nSPS) is 13.4. The molecule has 0 aromatic heterocycles. The number of hydrogen-bond acceptors (Lipinski definition) is 5. The first-order chi connectivity index (χ1) is 13.1. The van der Waals surface area contributed by atoms with E-state index in [0.717, 1.165) is 24.3 Å². The molecule has 2 aromatic rings. The standard InChI is InChI=1S/C21H26N2O4/c1-15-10-16(23-8-4-5-9-23)6-7-20(15)22-21(24)14-27-19-12-17(25-2)11-18(13-19)26-3/h6-7,10-13H,4-5,8-9,14H2,1-3H3,(H,22,24). The van der Waals surface area contributed by atoms with Gasteiger partial charge in [0.25, 0.3) is 5.91 Å². The van der Waals surface area contributed by atoms with Crippen LogP contribution in [-0.4, -0.2) is 39.8 Å². The maximum absolute atomic E-state index is 12.3. The van der Waals surface area contributed by atoms with E-state index in [-0.39, 0.29) is 12.5 Å². The van der Waals surface area contributed by atoms with Crippen LogP contribution in [0.5, 0.6) is 17.2 Å². The third kappa shape index (κ3) is 4.84. The largest absolute Gasteiger partial charge is 0.496 e. The summed E-state index contributed by atoms with van der Waals surface area (Å²) >= 11 is 0. The lowest BCUT2D eigenvalue weighted by molar-refractivity contribution is -0.118. The zero-order valence-corrected chi connectivity index (χ0v) is 16.1. The minimum Gasteiger partial charge on any atom is -0.496 e. The Bertz CT molecular complexity index is 779. The Hall–Kier alpha value is -2.89. The minimum absolute atomic E-state index is 0.0936. The van der Waals surface area contributed by atoms with E-state index in [0.29, 0.717) is 17.2 Å². The molecule has 1 aliphatic heterocycles. The van der Waals surface area contributed by atoms with Gasteiger partial charge in [-0.2, -0.15) is 0 Å². The van der Waals surface area contributed by atoms with Gasteiger partial charge in [0.2, 0.25) is 0 Å². The zero-order valence-electron chi connectivity index (χ0n) is 16.1. The van der Waals surface area contributed by atoms with Crippen molar-refractivity contribution in [1.29, 1.82) is 0 Å². The van der Waals surface area contributed by atoms with Crippen molar-refractivity contribution in [1.82, 2.24) is 0 Å². The number of anilines is 2. The van der Waals surface area contributed by atoms with E-state index in [9.17, 15) is 4.79 Å². The monoisotopic (exact) mass is 370 g/mol. The summed E-state index contributed by atoms with van der Waals surface area (Å²) in [5, 5.41) is 2.91. The first-order valence-corrected chi connectivity index (χ1v) is 9.10. The molecule has 0 spiro atoms. The Kier molecular flexibility index (Phi) is 6.06. The molecule has 1 fully saturated rings. The van der Waals surface area contributed by atoms with Gasteiger partial charge in [-0.05, 0) is 43.5 Å². The number of carbonyl (C=O) groups excluding carboxylic acids is 1. The van der Waals surface area contributed by atoms with Crippen molar-refractivity contribution in [3.8, 4) is 17.2 Å². The van der Waals surface area contributed by atoms with Gasteiger partial charge in [0.15, 0.2) is 6.61 Å². The summed E-state index contributed by atoms with van der Waals surface area (Å²) in [5.74, 6) is 1.52. The minimum atomic E-state index is -0.214. The maximum Gasteiger partial charge on any atom is 0.262 e. The molecule has 0 aliphatic carbocycles. The average Bonchev–Trinajstić information content (AvgIpc) is 3.22. The van der Waals surface area contributed by atoms with Crippen molar-refractivity contribution in [2.24, 2.45) is 0 Å². The van der Waals surface area contributed by atoms with Crippen molar-refractivity contribution in [2.45, 2.75) is 19.8 Å². The van der Waals surface area contributed by atoms with Crippen LogP contribution in [-0.2, 0) is 4.79 Å². The molecule has 1 amide bonds. The Labute approximate surface area is 160 Å². The molecule has 0 unspecified atom stereocenters. The predicted octanol–water partition coefficient (Wildman–Crippen LogP) is 3.63. The van der Waals surface area contributed by atoms with Crippen molar-refractivity contribution in [3.05, 3.63) is 42.0 Å². The second kappa shape index (κ2) is 8.66. The Balaban J connectivity index is 1.59. The van der Waals surface area contributed by atoms with Crippen LogP contribution in [0.15, 0.2) is 36.4 Å². The molecule has 1 N–H and O–H groups in total. The fourth-order valence-electron chi connectivity index (χ4n) is 3.16. The summed E-state index contributed by atoms with van der Waals surface area (Å²) in [6.07, 6.45) is 2.48. The predicted molar refractivity (Wildman–Crippen MR) is 106 cm³/mol. The van der Waals surface area contributed by atoms with Gasteiger partial charge in [-0.3, -0.25) is 4.79 Å². The summed E-state index contributed by atoms with van der Waals surface area (Å²) in [5.41, 5.74) is 3.05. The zero-order chi connectivity index (χ0) is 19.2. The number of aryl methyl sites for hydroxylation is 1. The number of carbonyl (C=O) groups is 1. The van der Waals surface area contributed by atoms with Gasteiger partial charge in [0.1, 0.15) is 17.2 Å². The number of rotatable bonds is 7. The molecule has 1 saturated heterocycles. The molecule has 0 saturated carbocycles. The van der Waals surface area contributed by atoms with Crippen LogP contribution in [0.25, 0.3) is 0 Å². The lowest BCUT2D eigenvalue weighted by atomic mass is 10.1. The third-order valence-corrected chi connectivity index (χ3v) is 4.65. The van der Waals surface area contributed by atoms with E-state index in [2.05, 4.69) is 22.3 Å². The Morgan fingerprint density at radius 3 is 2.22 bits per heavy atom. The van der Waals surface area contributed by atoms with Crippen LogP contribution in [0.3, 0.4) is 0 Å².